The van der Waals surface area contributed by atoms with Crippen LogP contribution in [0.15, 0.2) is 84.9 Å². The predicted octanol–water partition coefficient (Wildman–Crippen LogP) is 6.29. The number of nitrogens with zero attached hydrogens (tertiary/aromatic N) is 2. The number of hydrogen-bond donors (Lipinski definition) is 0. The second-order valence-corrected chi connectivity index (χ2v) is 6.48. The van der Waals surface area contributed by atoms with E-state index < -0.39 is 0 Å². The molecule has 0 fully saturated rings. The third kappa shape index (κ3) is 4.58. The topological polar surface area (TPSA) is 36.4 Å². The third-order valence-corrected chi connectivity index (χ3v) is 4.57. The van der Waals surface area contributed by atoms with E-state index in [4.69, 9.17) is 5.53 Å². The summed E-state index contributed by atoms with van der Waals surface area (Å²) < 4.78 is 0. The van der Waals surface area contributed by atoms with Gasteiger partial charge in [-0.25, -0.2) is 0 Å². The van der Waals surface area contributed by atoms with Crippen molar-refractivity contribution in [1.29, 1.82) is 0 Å². The number of aryl methyl sites for hydroxylation is 1. The Morgan fingerprint density at radius 2 is 1.52 bits per heavy atom. The van der Waals surface area contributed by atoms with Crippen LogP contribution in [0.4, 0.5) is 0 Å². The molecule has 0 aliphatic carbocycles. The van der Waals surface area contributed by atoms with Crippen LogP contribution in [-0.4, -0.2) is 11.0 Å². The molecule has 0 saturated carbocycles. The highest BCUT2D eigenvalue weighted by Gasteiger charge is 2.10. The van der Waals surface area contributed by atoms with Gasteiger partial charge in [-0.1, -0.05) is 90.5 Å². The first kappa shape index (κ1) is 18.3. The molecule has 2 heteroatoms. The van der Waals surface area contributed by atoms with Crippen LogP contribution in [0.5, 0.6) is 0 Å². The van der Waals surface area contributed by atoms with Crippen molar-refractivity contribution in [3.63, 3.8) is 0 Å². The summed E-state index contributed by atoms with van der Waals surface area (Å²) in [6.07, 6.45) is 5.77. The highest BCUT2D eigenvalue weighted by molar-refractivity contribution is 6.00. The zero-order chi connectivity index (χ0) is 19.1. The van der Waals surface area contributed by atoms with Crippen LogP contribution in [0, 0.1) is 6.92 Å². The Bertz CT molecular complexity index is 1020. The summed E-state index contributed by atoms with van der Waals surface area (Å²) in [6.45, 7) is 4.19. The molecule has 0 heterocycles. The van der Waals surface area contributed by atoms with Crippen LogP contribution >= 0.6 is 0 Å². The second kappa shape index (κ2) is 8.75. The first-order valence-corrected chi connectivity index (χ1v) is 8.97. The first-order valence-electron chi connectivity index (χ1n) is 8.97. The van der Waals surface area contributed by atoms with Crippen LogP contribution in [0.1, 0.15) is 34.7 Å². The van der Waals surface area contributed by atoms with Gasteiger partial charge in [0.15, 0.2) is 0 Å². The van der Waals surface area contributed by atoms with Gasteiger partial charge in [0.05, 0.1) is 5.56 Å². The molecule has 2 nitrogen and oxygen atoms in total. The van der Waals surface area contributed by atoms with E-state index in [1.54, 1.807) is 0 Å². The fourth-order valence-corrected chi connectivity index (χ4v) is 3.07. The minimum absolute atomic E-state index is 0.884. The van der Waals surface area contributed by atoms with Gasteiger partial charge in [-0.2, -0.15) is 4.79 Å². The fourth-order valence-electron chi connectivity index (χ4n) is 3.07. The summed E-state index contributed by atoms with van der Waals surface area (Å²) in [4.78, 5) is 3.22. The summed E-state index contributed by atoms with van der Waals surface area (Å²) in [5, 5.41) is 0. The molecule has 3 rings (SSSR count). The Hall–Kier alpha value is -3.48. The maximum Gasteiger partial charge on any atom is 0.288 e. The van der Waals surface area contributed by atoms with Crippen molar-refractivity contribution >= 4 is 23.4 Å². The average Bonchev–Trinajstić information content (AvgIpc) is 2.71. The van der Waals surface area contributed by atoms with Crippen LogP contribution < -0.4 is 0 Å². The van der Waals surface area contributed by atoms with Gasteiger partial charge < -0.3 is 5.53 Å². The van der Waals surface area contributed by atoms with Crippen LogP contribution in [0.25, 0.3) is 22.8 Å². The molecule has 0 aromatic heterocycles. The highest BCUT2D eigenvalue weighted by atomic mass is 14.8. The smallest absolute Gasteiger partial charge is 0.288 e. The van der Waals surface area contributed by atoms with Crippen LogP contribution in [0.2, 0.25) is 0 Å². The van der Waals surface area contributed by atoms with E-state index in [1.165, 1.54) is 11.8 Å². The molecule has 3 aromatic rings. The first-order chi connectivity index (χ1) is 13.2. The Morgan fingerprint density at radius 1 is 0.852 bits per heavy atom. The zero-order valence-electron chi connectivity index (χ0n) is 15.6. The molecule has 0 saturated heterocycles. The largest absolute Gasteiger partial charge is 0.361 e. The molecular formula is C25H22N2. The average molecular weight is 350 g/mol. The van der Waals surface area contributed by atoms with Crippen LogP contribution in [-0.2, 0) is 0 Å². The summed E-state index contributed by atoms with van der Waals surface area (Å²) >= 11 is 0. The molecule has 0 atom stereocenters. The molecule has 27 heavy (non-hydrogen) atoms. The van der Waals surface area contributed by atoms with Crippen molar-refractivity contribution in [2.75, 3.05) is 0 Å². The SMILES string of the molecule is C/C(=C(/C=C/c1ccc(C)cc1)c1ccccc1)c1ccccc1C=[N+]=[N-]. The molecule has 0 radical (unpaired) electrons. The maximum atomic E-state index is 9.00. The van der Waals surface area contributed by atoms with Gasteiger partial charge in [-0.05, 0) is 47.8 Å². The summed E-state index contributed by atoms with van der Waals surface area (Å²) in [5.74, 6) is 0. The van der Waals surface area contributed by atoms with Crippen molar-refractivity contribution in [1.82, 2.24) is 0 Å². The summed E-state index contributed by atoms with van der Waals surface area (Å²) in [5.41, 5.74) is 16.7. The lowest BCUT2D eigenvalue weighted by Crippen LogP contribution is -1.94. The van der Waals surface area contributed by atoms with E-state index in [0.717, 1.165) is 33.4 Å². The fraction of sp³-hybridized carbons (Fsp3) is 0.0800. The van der Waals surface area contributed by atoms with E-state index in [2.05, 4.69) is 73.3 Å². The molecule has 132 valence electrons. The Morgan fingerprint density at radius 3 is 2.22 bits per heavy atom. The lowest BCUT2D eigenvalue weighted by Gasteiger charge is -2.11. The van der Waals surface area contributed by atoms with Gasteiger partial charge in [0.1, 0.15) is 0 Å². The second-order valence-electron chi connectivity index (χ2n) is 6.48. The number of hydrogen-bond acceptors (Lipinski definition) is 0. The van der Waals surface area contributed by atoms with E-state index in [1.807, 2.05) is 36.4 Å². The van der Waals surface area contributed by atoms with Gasteiger partial charge in [-0.3, -0.25) is 0 Å². The number of rotatable bonds is 5. The van der Waals surface area contributed by atoms with Crippen molar-refractivity contribution in [2.24, 2.45) is 0 Å². The quantitative estimate of drug-likeness (QED) is 0.170. The van der Waals surface area contributed by atoms with E-state index in [-0.39, 0.29) is 0 Å². The monoisotopic (exact) mass is 350 g/mol. The molecule has 0 spiro atoms. The van der Waals surface area contributed by atoms with Gasteiger partial charge in [0.2, 0.25) is 0 Å². The third-order valence-electron chi connectivity index (χ3n) is 4.57. The highest BCUT2D eigenvalue weighted by Crippen LogP contribution is 2.29. The molecule has 3 aromatic carbocycles. The maximum absolute atomic E-state index is 9.00. The van der Waals surface area contributed by atoms with Crippen LogP contribution in [0.3, 0.4) is 0 Å². The molecule has 0 amide bonds. The summed E-state index contributed by atoms with van der Waals surface area (Å²) in [6, 6.07) is 26.8. The molecular weight excluding hydrogens is 328 g/mol. The van der Waals surface area contributed by atoms with Crippen molar-refractivity contribution in [3.05, 3.63) is 118 Å². The molecule has 0 unspecified atom stereocenters. The Labute approximate surface area is 160 Å². The van der Waals surface area contributed by atoms with Crippen molar-refractivity contribution in [2.45, 2.75) is 13.8 Å². The molecule has 0 N–H and O–H groups in total. The zero-order valence-corrected chi connectivity index (χ0v) is 15.6. The van der Waals surface area contributed by atoms with E-state index in [9.17, 15) is 0 Å². The van der Waals surface area contributed by atoms with Gasteiger partial charge >= 0.3 is 0 Å². The number of allylic oxidation sites excluding steroid dienone is 3. The normalized spacial score (nSPS) is 11.8. The van der Waals surface area contributed by atoms with Crippen molar-refractivity contribution < 1.29 is 4.79 Å². The van der Waals surface area contributed by atoms with Gasteiger partial charge in [-0.15, -0.1) is 0 Å². The minimum atomic E-state index is 0.884. The summed E-state index contributed by atoms with van der Waals surface area (Å²) in [7, 11) is 0. The van der Waals surface area contributed by atoms with E-state index >= 15 is 0 Å². The Kier molecular flexibility index (Phi) is 5.94. The minimum Gasteiger partial charge on any atom is -0.361 e. The van der Waals surface area contributed by atoms with E-state index in [0.29, 0.717) is 0 Å². The molecule has 0 aliphatic heterocycles. The Balaban J connectivity index is 2.13. The molecule has 0 bridgehead atoms. The van der Waals surface area contributed by atoms with Gasteiger partial charge in [0.25, 0.3) is 6.21 Å². The predicted molar refractivity (Wildman–Crippen MR) is 114 cm³/mol. The standard InChI is InChI=1S/C25H22N2/c1-19-12-14-21(15-13-19)16-17-25(22-8-4-3-5-9-22)20(2)24-11-7-6-10-23(24)18-27-26/h3-18H,1-2H3/b17-16+,25-20+. The van der Waals surface area contributed by atoms with Gasteiger partial charge in [0, 0.05) is 0 Å². The number of benzene rings is 3. The lowest BCUT2D eigenvalue weighted by atomic mass is 9.92. The molecule has 0 aliphatic rings. The lowest BCUT2D eigenvalue weighted by molar-refractivity contribution is 0.00455. The van der Waals surface area contributed by atoms with Crippen molar-refractivity contribution in [3.8, 4) is 0 Å².